The van der Waals surface area contributed by atoms with Gasteiger partial charge in [0, 0.05) is 22.0 Å². The monoisotopic (exact) mass is 703 g/mol. The number of fused-ring (bicyclic) bond motifs is 2. The van der Waals surface area contributed by atoms with Crippen LogP contribution in [-0.4, -0.2) is 32.4 Å². The Labute approximate surface area is 259 Å². The van der Waals surface area contributed by atoms with Crippen molar-refractivity contribution in [3.05, 3.63) is 114 Å². The van der Waals surface area contributed by atoms with Gasteiger partial charge in [0.25, 0.3) is 11.2 Å². The number of furan rings is 1. The first-order chi connectivity index (χ1) is 20.8. The average Bonchev–Trinajstić information content (AvgIpc) is 3.42. The van der Waals surface area contributed by atoms with Crippen molar-refractivity contribution in [1.82, 2.24) is 14.6 Å². The minimum atomic E-state index is -0.540. The quantitative estimate of drug-likeness (QED) is 0.0893. The zero-order valence-corrected chi connectivity index (χ0v) is 25.4. The molecular weight excluding hydrogens is 686 g/mol. The first kappa shape index (κ1) is 28.2. The highest BCUT2D eigenvalue weighted by Gasteiger charge is 2.18. The van der Waals surface area contributed by atoms with E-state index >= 15 is 0 Å². The van der Waals surface area contributed by atoms with E-state index in [0.717, 1.165) is 16.1 Å². The molecule has 0 aliphatic carbocycles. The fourth-order valence-corrected chi connectivity index (χ4v) is 5.23. The Morgan fingerprint density at radius 1 is 1.09 bits per heavy atom. The molecule has 11 nitrogen and oxygen atoms in total. The Morgan fingerprint density at radius 2 is 1.93 bits per heavy atom. The zero-order chi connectivity index (χ0) is 30.1. The summed E-state index contributed by atoms with van der Waals surface area (Å²) in [7, 11) is 0. The van der Waals surface area contributed by atoms with Crippen LogP contribution < -0.4 is 15.0 Å². The van der Waals surface area contributed by atoms with Gasteiger partial charge >= 0.3 is 0 Å². The Bertz CT molecular complexity index is 2110. The predicted molar refractivity (Wildman–Crippen MR) is 168 cm³/mol. The molecule has 6 rings (SSSR count). The molecule has 0 fully saturated rings. The highest BCUT2D eigenvalue weighted by molar-refractivity contribution is 9.10. The van der Waals surface area contributed by atoms with Crippen molar-refractivity contribution in [1.29, 1.82) is 0 Å². The summed E-state index contributed by atoms with van der Waals surface area (Å²) in [5.74, 6) is 1.44. The molecule has 0 radical (unpaired) electrons. The van der Waals surface area contributed by atoms with Crippen LogP contribution in [0.3, 0.4) is 0 Å². The van der Waals surface area contributed by atoms with Crippen LogP contribution in [0.5, 0.6) is 17.4 Å². The van der Waals surface area contributed by atoms with Gasteiger partial charge in [-0.15, -0.1) is 0 Å². The summed E-state index contributed by atoms with van der Waals surface area (Å²) in [4.78, 5) is 32.8. The second-order valence-corrected chi connectivity index (χ2v) is 10.9. The molecule has 0 saturated carbocycles. The smallest absolute Gasteiger partial charge is 0.287 e. The molecule has 0 bridgehead atoms. The standard InChI is InChI=1S/C30H19Br2N5O6/c1-2-41-25-12-17(11-22(32)28(25)43-27-10-8-20(16-33-27)37(39)40)15-34-36-29(35-23-6-4-3-5-21(23)30(36)38)26-14-18-13-19(31)7-9-24(18)42-26/h3-16H,2H2,1H3. The number of hydrogen-bond acceptors (Lipinski definition) is 9. The van der Waals surface area contributed by atoms with E-state index in [1.807, 2.05) is 37.3 Å². The van der Waals surface area contributed by atoms with Crippen molar-refractivity contribution in [3.8, 4) is 29.0 Å². The molecule has 0 aliphatic heterocycles. The minimum Gasteiger partial charge on any atom is -0.490 e. The van der Waals surface area contributed by atoms with E-state index in [1.165, 1.54) is 23.0 Å². The van der Waals surface area contributed by atoms with Crippen LogP contribution in [0.2, 0.25) is 0 Å². The van der Waals surface area contributed by atoms with E-state index in [1.54, 1.807) is 30.3 Å². The van der Waals surface area contributed by atoms with Crippen LogP contribution in [0.15, 0.2) is 102 Å². The van der Waals surface area contributed by atoms with Crippen LogP contribution >= 0.6 is 31.9 Å². The number of benzene rings is 3. The van der Waals surface area contributed by atoms with Gasteiger partial charge in [0.2, 0.25) is 11.7 Å². The van der Waals surface area contributed by atoms with Gasteiger partial charge in [-0.1, -0.05) is 28.1 Å². The summed E-state index contributed by atoms with van der Waals surface area (Å²) >= 11 is 6.99. The molecule has 0 spiro atoms. The van der Waals surface area contributed by atoms with E-state index in [9.17, 15) is 14.9 Å². The number of para-hydroxylation sites is 1. The summed E-state index contributed by atoms with van der Waals surface area (Å²) in [5.41, 5.74) is 1.21. The van der Waals surface area contributed by atoms with Crippen molar-refractivity contribution < 1.29 is 18.8 Å². The lowest BCUT2D eigenvalue weighted by Gasteiger charge is -2.14. The number of nitrogens with zero attached hydrogens (tertiary/aromatic N) is 5. The summed E-state index contributed by atoms with van der Waals surface area (Å²) < 4.78 is 20.4. The molecule has 43 heavy (non-hydrogen) atoms. The Hall–Kier alpha value is -4.88. The highest BCUT2D eigenvalue weighted by atomic mass is 79.9. The van der Waals surface area contributed by atoms with Crippen LogP contribution in [-0.2, 0) is 0 Å². The SMILES string of the molecule is CCOc1cc(C=Nn2c(-c3cc4cc(Br)ccc4o3)nc3ccccc3c2=O)cc(Br)c1Oc1ccc([N+](=O)[O-])cn1. The van der Waals surface area contributed by atoms with Gasteiger partial charge < -0.3 is 13.9 Å². The number of halogens is 2. The van der Waals surface area contributed by atoms with Gasteiger partial charge in [0.15, 0.2) is 17.3 Å². The maximum atomic E-state index is 13.6. The summed E-state index contributed by atoms with van der Waals surface area (Å²) in [6.45, 7) is 2.15. The molecule has 13 heteroatoms. The lowest BCUT2D eigenvalue weighted by Crippen LogP contribution is -2.20. The van der Waals surface area contributed by atoms with E-state index < -0.39 is 4.92 Å². The normalized spacial score (nSPS) is 11.4. The second kappa shape index (κ2) is 11.8. The van der Waals surface area contributed by atoms with Crippen LogP contribution in [0.1, 0.15) is 12.5 Å². The van der Waals surface area contributed by atoms with E-state index in [0.29, 0.717) is 50.4 Å². The van der Waals surface area contributed by atoms with E-state index in [4.69, 9.17) is 18.9 Å². The van der Waals surface area contributed by atoms with Crippen LogP contribution in [0.4, 0.5) is 5.69 Å². The molecule has 0 unspecified atom stereocenters. The van der Waals surface area contributed by atoms with Gasteiger partial charge in [-0.2, -0.15) is 9.78 Å². The number of nitro groups is 1. The lowest BCUT2D eigenvalue weighted by molar-refractivity contribution is -0.385. The molecule has 0 aliphatic rings. The summed E-state index contributed by atoms with van der Waals surface area (Å²) in [6.07, 6.45) is 2.61. The number of pyridine rings is 1. The first-order valence-corrected chi connectivity index (χ1v) is 14.4. The average molecular weight is 705 g/mol. The number of hydrogen-bond donors (Lipinski definition) is 0. The van der Waals surface area contributed by atoms with Crippen LogP contribution in [0, 0.1) is 10.1 Å². The molecule has 0 saturated heterocycles. The van der Waals surface area contributed by atoms with Crippen molar-refractivity contribution in [2.24, 2.45) is 5.10 Å². The molecule has 3 aromatic heterocycles. The van der Waals surface area contributed by atoms with Gasteiger partial charge in [0.1, 0.15) is 11.8 Å². The topological polar surface area (TPSA) is 135 Å². The summed E-state index contributed by atoms with van der Waals surface area (Å²) in [6, 6.07) is 20.6. The van der Waals surface area contributed by atoms with Gasteiger partial charge in [0.05, 0.1) is 33.1 Å². The number of rotatable bonds is 8. The Balaban J connectivity index is 1.42. The van der Waals surface area contributed by atoms with Crippen molar-refractivity contribution in [2.45, 2.75) is 6.92 Å². The zero-order valence-electron chi connectivity index (χ0n) is 22.2. The maximum absolute atomic E-state index is 13.6. The highest BCUT2D eigenvalue weighted by Crippen LogP contribution is 2.39. The number of aromatic nitrogens is 3. The van der Waals surface area contributed by atoms with Gasteiger partial charge in [-0.25, -0.2) is 9.97 Å². The minimum absolute atomic E-state index is 0.143. The fourth-order valence-electron chi connectivity index (χ4n) is 4.31. The van der Waals surface area contributed by atoms with Crippen molar-refractivity contribution in [2.75, 3.05) is 6.61 Å². The lowest BCUT2D eigenvalue weighted by atomic mass is 10.2. The molecular formula is C30H19Br2N5O6. The molecule has 3 heterocycles. The molecule has 0 N–H and O–H groups in total. The van der Waals surface area contributed by atoms with Crippen molar-refractivity contribution >= 4 is 65.6 Å². The summed E-state index contributed by atoms with van der Waals surface area (Å²) in [5, 5.41) is 16.7. The molecule has 214 valence electrons. The fraction of sp³-hybridized carbons (Fsp3) is 0.0667. The predicted octanol–water partition coefficient (Wildman–Crippen LogP) is 7.71. The molecule has 6 aromatic rings. The van der Waals surface area contributed by atoms with Crippen LogP contribution in [0.25, 0.3) is 33.5 Å². The largest absolute Gasteiger partial charge is 0.490 e. The van der Waals surface area contributed by atoms with Gasteiger partial charge in [-0.3, -0.25) is 14.9 Å². The van der Waals surface area contributed by atoms with Crippen molar-refractivity contribution in [3.63, 3.8) is 0 Å². The third-order valence-corrected chi connectivity index (χ3v) is 7.33. The maximum Gasteiger partial charge on any atom is 0.287 e. The third kappa shape index (κ3) is 5.76. The molecule has 0 atom stereocenters. The first-order valence-electron chi connectivity index (χ1n) is 12.8. The second-order valence-electron chi connectivity index (χ2n) is 9.08. The van der Waals surface area contributed by atoms with E-state index in [2.05, 4.69) is 41.9 Å². The van der Waals surface area contributed by atoms with E-state index in [-0.39, 0.29) is 23.0 Å². The number of ether oxygens (including phenoxy) is 2. The molecule has 0 amide bonds. The third-order valence-electron chi connectivity index (χ3n) is 6.24. The Morgan fingerprint density at radius 3 is 2.70 bits per heavy atom. The molecule has 3 aromatic carbocycles. The Kier molecular flexibility index (Phi) is 7.74. The van der Waals surface area contributed by atoms with Gasteiger partial charge in [-0.05, 0) is 76.9 Å².